The number of imide groups is 2. The fourth-order valence-corrected chi connectivity index (χ4v) is 4.17. The zero-order valence-electron chi connectivity index (χ0n) is 18.7. The third-order valence-electron chi connectivity index (χ3n) is 5.72. The summed E-state index contributed by atoms with van der Waals surface area (Å²) in [7, 11) is 0. The molecule has 5 rings (SSSR count). The number of fused-ring (bicyclic) bond motifs is 1. The Labute approximate surface area is 210 Å². The van der Waals surface area contributed by atoms with E-state index in [0.29, 0.717) is 11.3 Å². The highest BCUT2D eigenvalue weighted by atomic mass is 35.5. The topological polar surface area (TPSA) is 75.7 Å². The lowest BCUT2D eigenvalue weighted by molar-refractivity contribution is -0.122. The Balaban J connectivity index is 1.59. The number of anilines is 1. The van der Waals surface area contributed by atoms with Gasteiger partial charge in [-0.1, -0.05) is 66.2 Å². The quantitative estimate of drug-likeness (QED) is 0.274. The number of halogens is 2. The second-order valence-electron chi connectivity index (χ2n) is 8.02. The summed E-state index contributed by atoms with van der Waals surface area (Å²) in [4.78, 5) is 39.6. The van der Waals surface area contributed by atoms with Crippen molar-refractivity contribution in [2.75, 3.05) is 4.90 Å². The van der Waals surface area contributed by atoms with Crippen molar-refractivity contribution in [1.82, 2.24) is 5.32 Å². The second kappa shape index (κ2) is 9.64. The van der Waals surface area contributed by atoms with E-state index in [9.17, 15) is 18.8 Å². The average molecular weight is 501 g/mol. The number of urea groups is 1. The molecule has 0 radical (unpaired) electrons. The molecule has 1 heterocycles. The highest BCUT2D eigenvalue weighted by Gasteiger charge is 2.38. The SMILES string of the molecule is O=C1NC(=O)N(c2ccccc2Cl)C(=O)/C1=C/c1c(OCc2ccc(F)cc2)ccc2ccccc12. The Bertz CT molecular complexity index is 1550. The van der Waals surface area contributed by atoms with Gasteiger partial charge in [-0.2, -0.15) is 0 Å². The van der Waals surface area contributed by atoms with Crippen LogP contribution in [0.15, 0.2) is 90.5 Å². The Kier molecular flexibility index (Phi) is 6.23. The molecule has 6 nitrogen and oxygen atoms in total. The average Bonchev–Trinajstić information content (AvgIpc) is 2.87. The summed E-state index contributed by atoms with van der Waals surface area (Å²) < 4.78 is 19.3. The van der Waals surface area contributed by atoms with Crippen LogP contribution in [-0.4, -0.2) is 17.8 Å². The number of amides is 4. The lowest BCUT2D eigenvalue weighted by Crippen LogP contribution is -2.54. The number of ether oxygens (including phenoxy) is 1. The fourth-order valence-electron chi connectivity index (χ4n) is 3.95. The van der Waals surface area contributed by atoms with Crippen LogP contribution < -0.4 is 15.0 Å². The van der Waals surface area contributed by atoms with E-state index in [1.54, 1.807) is 36.4 Å². The molecule has 4 amide bonds. The summed E-state index contributed by atoms with van der Waals surface area (Å²) in [5.41, 5.74) is 1.13. The fraction of sp³-hybridized carbons (Fsp3) is 0.0357. The molecule has 0 unspecified atom stereocenters. The first-order valence-corrected chi connectivity index (χ1v) is 11.3. The van der Waals surface area contributed by atoms with E-state index in [2.05, 4.69) is 5.32 Å². The van der Waals surface area contributed by atoms with Crippen molar-refractivity contribution in [3.8, 4) is 5.75 Å². The van der Waals surface area contributed by atoms with E-state index in [0.717, 1.165) is 21.2 Å². The highest BCUT2D eigenvalue weighted by Crippen LogP contribution is 2.33. The van der Waals surface area contributed by atoms with Crippen LogP contribution >= 0.6 is 11.6 Å². The third kappa shape index (κ3) is 4.44. The number of para-hydroxylation sites is 1. The molecule has 8 heteroatoms. The standard InChI is InChI=1S/C28H18ClFN2O4/c29-23-7-3-4-8-24(23)32-27(34)22(26(33)31-28(32)35)15-21-20-6-2-1-5-18(20)11-14-25(21)36-16-17-9-12-19(30)13-10-17/h1-15H,16H2,(H,31,33,35)/b22-15+. The van der Waals surface area contributed by atoms with Crippen molar-refractivity contribution < 1.29 is 23.5 Å². The van der Waals surface area contributed by atoms with Gasteiger partial charge in [0.15, 0.2) is 0 Å². The molecule has 1 saturated heterocycles. The zero-order chi connectivity index (χ0) is 25.2. The van der Waals surface area contributed by atoms with Gasteiger partial charge in [-0.05, 0) is 52.7 Å². The number of rotatable bonds is 5. The lowest BCUT2D eigenvalue weighted by Gasteiger charge is -2.27. The number of barbiturate groups is 1. The van der Waals surface area contributed by atoms with Gasteiger partial charge in [-0.15, -0.1) is 0 Å². The zero-order valence-corrected chi connectivity index (χ0v) is 19.5. The smallest absolute Gasteiger partial charge is 0.335 e. The Hall–Kier alpha value is -4.49. The van der Waals surface area contributed by atoms with Crippen molar-refractivity contribution in [1.29, 1.82) is 0 Å². The lowest BCUT2D eigenvalue weighted by atomic mass is 9.99. The van der Waals surface area contributed by atoms with E-state index in [4.69, 9.17) is 16.3 Å². The first-order valence-electron chi connectivity index (χ1n) is 11.0. The molecule has 0 aromatic heterocycles. The van der Waals surface area contributed by atoms with Gasteiger partial charge in [0.05, 0.1) is 10.7 Å². The van der Waals surface area contributed by atoms with Gasteiger partial charge in [0, 0.05) is 5.56 Å². The van der Waals surface area contributed by atoms with Crippen LogP contribution in [0.5, 0.6) is 5.75 Å². The number of nitrogens with zero attached hydrogens (tertiary/aromatic N) is 1. The maximum atomic E-state index is 13.4. The molecule has 0 saturated carbocycles. The van der Waals surface area contributed by atoms with Gasteiger partial charge < -0.3 is 4.74 Å². The Morgan fingerprint density at radius 1 is 0.889 bits per heavy atom. The van der Waals surface area contributed by atoms with Crippen LogP contribution in [-0.2, 0) is 16.2 Å². The summed E-state index contributed by atoms with van der Waals surface area (Å²) >= 11 is 6.22. The molecular weight excluding hydrogens is 483 g/mol. The monoisotopic (exact) mass is 500 g/mol. The summed E-state index contributed by atoms with van der Waals surface area (Å²) in [6.45, 7) is 0.138. The van der Waals surface area contributed by atoms with Crippen molar-refractivity contribution in [3.05, 3.63) is 112 Å². The normalized spacial score (nSPS) is 14.9. The number of hydrogen-bond donors (Lipinski definition) is 1. The number of nitrogens with one attached hydrogen (secondary N) is 1. The van der Waals surface area contributed by atoms with Gasteiger partial charge in [0.1, 0.15) is 23.7 Å². The van der Waals surface area contributed by atoms with Crippen LogP contribution in [0.4, 0.5) is 14.9 Å². The molecule has 1 N–H and O–H groups in total. The van der Waals surface area contributed by atoms with Crippen molar-refractivity contribution >= 4 is 52.0 Å². The highest BCUT2D eigenvalue weighted by molar-refractivity contribution is 6.42. The number of hydrogen-bond acceptors (Lipinski definition) is 4. The Morgan fingerprint density at radius 3 is 2.39 bits per heavy atom. The van der Waals surface area contributed by atoms with Crippen LogP contribution in [0.2, 0.25) is 5.02 Å². The van der Waals surface area contributed by atoms with E-state index in [-0.39, 0.29) is 28.7 Å². The predicted octanol–water partition coefficient (Wildman–Crippen LogP) is 5.88. The molecule has 36 heavy (non-hydrogen) atoms. The van der Waals surface area contributed by atoms with E-state index >= 15 is 0 Å². The maximum absolute atomic E-state index is 13.4. The van der Waals surface area contributed by atoms with Crippen molar-refractivity contribution in [3.63, 3.8) is 0 Å². The molecule has 4 aromatic rings. The van der Waals surface area contributed by atoms with Crippen LogP contribution in [0.25, 0.3) is 16.8 Å². The first-order chi connectivity index (χ1) is 17.4. The Morgan fingerprint density at radius 2 is 1.61 bits per heavy atom. The summed E-state index contributed by atoms with van der Waals surface area (Å²) in [5.74, 6) is -1.58. The third-order valence-corrected chi connectivity index (χ3v) is 6.04. The van der Waals surface area contributed by atoms with Gasteiger partial charge >= 0.3 is 6.03 Å². The maximum Gasteiger partial charge on any atom is 0.335 e. The van der Waals surface area contributed by atoms with Crippen LogP contribution in [0, 0.1) is 5.82 Å². The minimum atomic E-state index is -0.888. The van der Waals surface area contributed by atoms with Crippen molar-refractivity contribution in [2.45, 2.75) is 6.61 Å². The molecule has 4 aromatic carbocycles. The van der Waals surface area contributed by atoms with Gasteiger partial charge in [0.2, 0.25) is 0 Å². The predicted molar refractivity (Wildman–Crippen MR) is 135 cm³/mol. The second-order valence-corrected chi connectivity index (χ2v) is 8.43. The molecule has 0 bridgehead atoms. The molecular formula is C28H18ClFN2O4. The number of carbonyl (C=O) groups is 3. The minimum absolute atomic E-state index is 0.138. The molecule has 0 aliphatic carbocycles. The summed E-state index contributed by atoms with van der Waals surface area (Å²) in [6.07, 6.45) is 1.41. The van der Waals surface area contributed by atoms with Gasteiger partial charge in [0.25, 0.3) is 11.8 Å². The largest absolute Gasteiger partial charge is 0.488 e. The molecule has 0 spiro atoms. The van der Waals surface area contributed by atoms with Crippen LogP contribution in [0.1, 0.15) is 11.1 Å². The van der Waals surface area contributed by atoms with E-state index < -0.39 is 17.8 Å². The molecule has 1 fully saturated rings. The van der Waals surface area contributed by atoms with E-state index in [1.807, 2.05) is 30.3 Å². The molecule has 0 atom stereocenters. The minimum Gasteiger partial charge on any atom is -0.488 e. The summed E-state index contributed by atoms with van der Waals surface area (Å²) in [5, 5.41) is 4.00. The number of benzene rings is 4. The van der Waals surface area contributed by atoms with Gasteiger partial charge in [-0.3, -0.25) is 14.9 Å². The first kappa shape index (κ1) is 23.3. The number of carbonyl (C=O) groups excluding carboxylic acids is 3. The van der Waals surface area contributed by atoms with Crippen molar-refractivity contribution in [2.24, 2.45) is 0 Å². The van der Waals surface area contributed by atoms with Gasteiger partial charge in [-0.25, -0.2) is 14.1 Å². The molecule has 1 aliphatic heterocycles. The summed E-state index contributed by atoms with van der Waals surface area (Å²) in [6, 6.07) is 22.4. The van der Waals surface area contributed by atoms with E-state index in [1.165, 1.54) is 24.3 Å². The van der Waals surface area contributed by atoms with Crippen LogP contribution in [0.3, 0.4) is 0 Å². The molecule has 1 aliphatic rings. The molecule has 178 valence electrons.